The molecule has 0 radical (unpaired) electrons. The highest BCUT2D eigenvalue weighted by molar-refractivity contribution is 5.80. The predicted octanol–water partition coefficient (Wildman–Crippen LogP) is 2.73. The third-order valence-electron chi connectivity index (χ3n) is 3.35. The van der Waals surface area contributed by atoms with E-state index in [1.807, 2.05) is 39.0 Å². The average molecular weight is 313 g/mol. The zero-order valence-electron chi connectivity index (χ0n) is 13.5. The highest BCUT2D eigenvalue weighted by atomic mass is 16.6. The molecular weight excluding hydrogens is 294 g/mol. The number of aromatic nitrogens is 3. The van der Waals surface area contributed by atoms with Crippen LogP contribution in [0.5, 0.6) is 0 Å². The van der Waals surface area contributed by atoms with Gasteiger partial charge in [-0.2, -0.15) is 4.98 Å². The zero-order valence-corrected chi connectivity index (χ0v) is 13.5. The van der Waals surface area contributed by atoms with E-state index >= 15 is 0 Å². The van der Waals surface area contributed by atoms with Gasteiger partial charge in [-0.15, -0.1) is 0 Å². The highest BCUT2D eigenvalue weighted by Gasteiger charge is 2.22. The standard InChI is InChI=1S/C17H19N3O3/c1-17(2,3)22-15(21)9-8-14-19-16(23-20-14)12-6-7-13-11(12)5-4-10-18-13/h4-6,10H,7-9H2,1-3H3. The van der Waals surface area contributed by atoms with E-state index in [4.69, 9.17) is 9.26 Å². The van der Waals surface area contributed by atoms with E-state index in [1.54, 1.807) is 6.20 Å². The van der Waals surface area contributed by atoms with Gasteiger partial charge in [-0.3, -0.25) is 9.78 Å². The quantitative estimate of drug-likeness (QED) is 0.808. The number of carbonyl (C=O) groups is 1. The lowest BCUT2D eigenvalue weighted by atomic mass is 10.1. The Labute approximate surface area is 134 Å². The molecule has 0 atom stereocenters. The summed E-state index contributed by atoms with van der Waals surface area (Å²) in [6.07, 6.45) is 5.19. The second kappa shape index (κ2) is 5.95. The molecule has 3 rings (SSSR count). The van der Waals surface area contributed by atoms with Crippen molar-refractivity contribution >= 4 is 11.5 Å². The maximum absolute atomic E-state index is 11.7. The number of hydrogen-bond acceptors (Lipinski definition) is 6. The molecule has 2 aromatic heterocycles. The number of aryl methyl sites for hydroxylation is 1. The number of nitrogens with zero attached hydrogens (tertiary/aromatic N) is 3. The molecule has 2 heterocycles. The van der Waals surface area contributed by atoms with Crippen molar-refractivity contribution in [1.82, 2.24) is 15.1 Å². The summed E-state index contributed by atoms with van der Waals surface area (Å²) in [7, 11) is 0. The Morgan fingerprint density at radius 2 is 2.22 bits per heavy atom. The van der Waals surface area contributed by atoms with Gasteiger partial charge in [0.25, 0.3) is 5.89 Å². The fourth-order valence-electron chi connectivity index (χ4n) is 2.43. The van der Waals surface area contributed by atoms with Crippen molar-refractivity contribution in [3.05, 3.63) is 47.4 Å². The van der Waals surface area contributed by atoms with Crippen molar-refractivity contribution in [2.24, 2.45) is 0 Å². The highest BCUT2D eigenvalue weighted by Crippen LogP contribution is 2.30. The molecule has 6 nitrogen and oxygen atoms in total. The summed E-state index contributed by atoms with van der Waals surface area (Å²) in [5, 5.41) is 3.95. The van der Waals surface area contributed by atoms with Crippen molar-refractivity contribution in [3.63, 3.8) is 0 Å². The van der Waals surface area contributed by atoms with Crippen LogP contribution >= 0.6 is 0 Å². The molecule has 0 bridgehead atoms. The van der Waals surface area contributed by atoms with Crippen LogP contribution in [0.4, 0.5) is 0 Å². The molecule has 0 aromatic carbocycles. The van der Waals surface area contributed by atoms with Gasteiger partial charge in [0, 0.05) is 30.2 Å². The Hall–Kier alpha value is -2.50. The first-order chi connectivity index (χ1) is 10.9. The summed E-state index contributed by atoms with van der Waals surface area (Å²) < 4.78 is 10.6. The number of carbonyl (C=O) groups excluding carboxylic acids is 1. The molecule has 0 unspecified atom stereocenters. The van der Waals surface area contributed by atoms with E-state index in [2.05, 4.69) is 15.1 Å². The van der Waals surface area contributed by atoms with Crippen LogP contribution in [0.3, 0.4) is 0 Å². The van der Waals surface area contributed by atoms with E-state index < -0.39 is 5.60 Å². The summed E-state index contributed by atoms with van der Waals surface area (Å²) in [5.74, 6) is 0.707. The Bertz CT molecular complexity index is 756. The molecule has 23 heavy (non-hydrogen) atoms. The molecule has 6 heteroatoms. The number of rotatable bonds is 4. The van der Waals surface area contributed by atoms with Gasteiger partial charge in [-0.1, -0.05) is 17.3 Å². The number of ether oxygens (including phenoxy) is 1. The lowest BCUT2D eigenvalue weighted by molar-refractivity contribution is -0.154. The maximum atomic E-state index is 11.7. The van der Waals surface area contributed by atoms with Crippen molar-refractivity contribution in [2.75, 3.05) is 0 Å². The first kappa shape index (κ1) is 15.4. The molecule has 0 N–H and O–H groups in total. The summed E-state index contributed by atoms with van der Waals surface area (Å²) >= 11 is 0. The van der Waals surface area contributed by atoms with Crippen LogP contribution in [0, 0.1) is 0 Å². The van der Waals surface area contributed by atoms with Gasteiger partial charge in [0.2, 0.25) is 0 Å². The summed E-state index contributed by atoms with van der Waals surface area (Å²) in [6, 6.07) is 3.88. The summed E-state index contributed by atoms with van der Waals surface area (Å²) in [6.45, 7) is 5.53. The smallest absolute Gasteiger partial charge is 0.306 e. The van der Waals surface area contributed by atoms with Crippen LogP contribution in [-0.2, 0) is 22.4 Å². The van der Waals surface area contributed by atoms with Gasteiger partial charge in [0.15, 0.2) is 5.82 Å². The van der Waals surface area contributed by atoms with E-state index in [0.717, 1.165) is 23.3 Å². The molecule has 2 aromatic rings. The minimum absolute atomic E-state index is 0.230. The molecule has 1 aliphatic rings. The lowest BCUT2D eigenvalue weighted by Crippen LogP contribution is -2.24. The number of hydrogen-bond donors (Lipinski definition) is 0. The third kappa shape index (κ3) is 3.64. The molecular formula is C17H19N3O3. The average Bonchev–Trinajstić information content (AvgIpc) is 3.09. The van der Waals surface area contributed by atoms with Crippen molar-refractivity contribution in [2.45, 2.75) is 45.6 Å². The van der Waals surface area contributed by atoms with Gasteiger partial charge in [-0.05, 0) is 26.8 Å². The molecule has 0 amide bonds. The normalized spacial score (nSPS) is 13.6. The minimum Gasteiger partial charge on any atom is -0.460 e. The minimum atomic E-state index is -0.481. The summed E-state index contributed by atoms with van der Waals surface area (Å²) in [5.41, 5.74) is 2.46. The maximum Gasteiger partial charge on any atom is 0.306 e. The van der Waals surface area contributed by atoms with Gasteiger partial charge >= 0.3 is 5.97 Å². The van der Waals surface area contributed by atoms with E-state index in [1.165, 1.54) is 0 Å². The third-order valence-corrected chi connectivity index (χ3v) is 3.35. The van der Waals surface area contributed by atoms with Crippen molar-refractivity contribution in [3.8, 4) is 0 Å². The first-order valence-corrected chi connectivity index (χ1v) is 7.61. The molecule has 120 valence electrons. The van der Waals surface area contributed by atoms with Gasteiger partial charge < -0.3 is 9.26 Å². The zero-order chi connectivity index (χ0) is 16.4. The largest absolute Gasteiger partial charge is 0.460 e. The van der Waals surface area contributed by atoms with Gasteiger partial charge in [0.05, 0.1) is 12.1 Å². The molecule has 0 saturated heterocycles. The molecule has 0 spiro atoms. The lowest BCUT2D eigenvalue weighted by Gasteiger charge is -2.19. The van der Waals surface area contributed by atoms with Crippen LogP contribution < -0.4 is 0 Å². The van der Waals surface area contributed by atoms with Crippen LogP contribution in [0.1, 0.15) is 50.2 Å². The van der Waals surface area contributed by atoms with Gasteiger partial charge in [-0.25, -0.2) is 0 Å². The van der Waals surface area contributed by atoms with Crippen LogP contribution in [0.15, 0.2) is 28.9 Å². The number of esters is 1. The first-order valence-electron chi connectivity index (χ1n) is 7.61. The van der Waals surface area contributed by atoms with E-state index in [-0.39, 0.29) is 12.4 Å². The van der Waals surface area contributed by atoms with Crippen molar-refractivity contribution in [1.29, 1.82) is 0 Å². The fourth-order valence-corrected chi connectivity index (χ4v) is 2.43. The summed E-state index contributed by atoms with van der Waals surface area (Å²) in [4.78, 5) is 20.4. The number of fused-ring (bicyclic) bond motifs is 1. The van der Waals surface area contributed by atoms with Gasteiger partial charge in [0.1, 0.15) is 5.60 Å². The number of pyridine rings is 1. The van der Waals surface area contributed by atoms with Crippen LogP contribution in [0.2, 0.25) is 0 Å². The predicted molar refractivity (Wildman–Crippen MR) is 83.5 cm³/mol. The Morgan fingerprint density at radius 3 is 3.00 bits per heavy atom. The van der Waals surface area contributed by atoms with E-state index in [0.29, 0.717) is 18.1 Å². The molecule has 0 fully saturated rings. The molecule has 0 saturated carbocycles. The van der Waals surface area contributed by atoms with Crippen LogP contribution in [-0.4, -0.2) is 26.7 Å². The van der Waals surface area contributed by atoms with Crippen molar-refractivity contribution < 1.29 is 14.1 Å². The second-order valence-electron chi connectivity index (χ2n) is 6.42. The van der Waals surface area contributed by atoms with E-state index in [9.17, 15) is 4.79 Å². The Morgan fingerprint density at radius 1 is 1.39 bits per heavy atom. The Kier molecular flexibility index (Phi) is 3.98. The molecule has 1 aliphatic carbocycles. The molecule has 0 aliphatic heterocycles. The second-order valence-corrected chi connectivity index (χ2v) is 6.42. The fraction of sp³-hybridized carbons (Fsp3) is 0.412. The monoisotopic (exact) mass is 313 g/mol. The Balaban J connectivity index is 1.65. The number of allylic oxidation sites excluding steroid dienone is 1. The van der Waals surface area contributed by atoms with Crippen LogP contribution in [0.25, 0.3) is 5.57 Å². The SMILES string of the molecule is CC(C)(C)OC(=O)CCc1noc(C2=CCc3ncccc32)n1. The topological polar surface area (TPSA) is 78.1 Å².